The highest BCUT2D eigenvalue weighted by molar-refractivity contribution is 6.47. The summed E-state index contributed by atoms with van der Waals surface area (Å²) in [6.07, 6.45) is 10.6. The fourth-order valence-corrected chi connectivity index (χ4v) is 5.01. The summed E-state index contributed by atoms with van der Waals surface area (Å²) >= 11 is 0. The van der Waals surface area contributed by atoms with Gasteiger partial charge in [-0.05, 0) is 50.4 Å². The first-order chi connectivity index (χ1) is 10.9. The summed E-state index contributed by atoms with van der Waals surface area (Å²) in [6.45, 7) is 12.0. The number of hydrogen-bond donors (Lipinski definition) is 0. The molecule has 3 nitrogen and oxygen atoms in total. The van der Waals surface area contributed by atoms with Crippen LogP contribution in [0, 0.1) is 17.3 Å². The van der Waals surface area contributed by atoms with Crippen LogP contribution in [-0.2, 0) is 14.0 Å². The molecule has 2 bridgehead atoms. The minimum Gasteiger partial charge on any atom is -0.403 e. The van der Waals surface area contributed by atoms with Crippen LogP contribution in [0.2, 0.25) is 0 Å². The topological polar surface area (TPSA) is 27.7 Å². The van der Waals surface area contributed by atoms with Crippen LogP contribution in [0.3, 0.4) is 0 Å². The van der Waals surface area contributed by atoms with Gasteiger partial charge >= 0.3 is 7.12 Å². The zero-order valence-electron chi connectivity index (χ0n) is 15.5. The molecule has 4 rings (SSSR count). The number of allylic oxidation sites excluding steroid dienone is 1. The van der Waals surface area contributed by atoms with Gasteiger partial charge in [-0.1, -0.05) is 45.8 Å². The van der Waals surface area contributed by atoms with Crippen molar-refractivity contribution in [3.05, 3.63) is 12.2 Å². The molecule has 4 heteroatoms. The van der Waals surface area contributed by atoms with Crippen molar-refractivity contribution in [2.75, 3.05) is 6.61 Å². The van der Waals surface area contributed by atoms with Gasteiger partial charge in [0.15, 0.2) is 0 Å². The smallest absolute Gasteiger partial charge is 0.403 e. The van der Waals surface area contributed by atoms with Gasteiger partial charge in [0, 0.05) is 6.61 Å². The average molecular weight is 320 g/mol. The second kappa shape index (κ2) is 6.53. The molecule has 4 aliphatic rings. The third-order valence-corrected chi connectivity index (χ3v) is 6.65. The van der Waals surface area contributed by atoms with Gasteiger partial charge in [0.2, 0.25) is 0 Å². The van der Waals surface area contributed by atoms with Crippen LogP contribution in [0.25, 0.3) is 0 Å². The molecule has 0 spiro atoms. The van der Waals surface area contributed by atoms with E-state index < -0.39 is 0 Å². The zero-order valence-corrected chi connectivity index (χ0v) is 15.5. The van der Waals surface area contributed by atoms with Crippen LogP contribution in [0.1, 0.15) is 66.7 Å². The van der Waals surface area contributed by atoms with Crippen molar-refractivity contribution in [2.45, 2.75) is 84.4 Å². The Balaban J connectivity index is 1.68. The summed E-state index contributed by atoms with van der Waals surface area (Å²) in [5.41, 5.74) is 0.247. The maximum Gasteiger partial charge on any atom is 0.492 e. The second-order valence-electron chi connectivity index (χ2n) is 8.33. The largest absolute Gasteiger partial charge is 0.492 e. The predicted octanol–water partition coefficient (Wildman–Crippen LogP) is 4.41. The van der Waals surface area contributed by atoms with E-state index in [0.29, 0.717) is 17.9 Å². The molecule has 130 valence electrons. The molecule has 23 heavy (non-hydrogen) atoms. The Morgan fingerprint density at radius 1 is 1.26 bits per heavy atom. The third-order valence-electron chi connectivity index (χ3n) is 6.65. The van der Waals surface area contributed by atoms with Gasteiger partial charge in [-0.15, -0.1) is 0 Å². The zero-order chi connectivity index (χ0) is 16.7. The van der Waals surface area contributed by atoms with Gasteiger partial charge < -0.3 is 14.0 Å². The first-order valence-corrected chi connectivity index (χ1v) is 9.55. The van der Waals surface area contributed by atoms with Gasteiger partial charge in [-0.2, -0.15) is 0 Å². The normalized spacial score (nSPS) is 39.3. The molecule has 1 unspecified atom stereocenters. The Kier molecular flexibility index (Phi) is 4.97. The standard InChI is InChI=1S/C19H33BO3/c1-6-8-9-10-11-17(21-7-2)20-22-16-13-14-12-15(18(14,3)4)19(16,5)23-20/h10-11,14-17H,6-9,12-13H2,1-5H3/b11-10+/t14-,15-,16?,17+,19-/m0/s1. The molecule has 1 saturated heterocycles. The van der Waals surface area contributed by atoms with E-state index >= 15 is 0 Å². The van der Waals surface area contributed by atoms with Crippen molar-refractivity contribution in [1.29, 1.82) is 0 Å². The van der Waals surface area contributed by atoms with Crippen molar-refractivity contribution in [3.63, 3.8) is 0 Å². The van der Waals surface area contributed by atoms with Gasteiger partial charge in [-0.3, -0.25) is 0 Å². The Morgan fingerprint density at radius 2 is 2.04 bits per heavy atom. The Morgan fingerprint density at radius 3 is 2.70 bits per heavy atom. The van der Waals surface area contributed by atoms with E-state index in [0.717, 1.165) is 18.8 Å². The van der Waals surface area contributed by atoms with Crippen molar-refractivity contribution < 1.29 is 14.0 Å². The molecule has 0 aromatic rings. The molecule has 0 aromatic heterocycles. The number of hydrogen-bond acceptors (Lipinski definition) is 3. The molecule has 3 aliphatic carbocycles. The summed E-state index contributed by atoms with van der Waals surface area (Å²) < 4.78 is 18.8. The minimum atomic E-state index is -0.252. The predicted molar refractivity (Wildman–Crippen MR) is 94.2 cm³/mol. The van der Waals surface area contributed by atoms with E-state index in [1.165, 1.54) is 19.3 Å². The van der Waals surface area contributed by atoms with Crippen molar-refractivity contribution >= 4 is 7.12 Å². The van der Waals surface area contributed by atoms with Crippen LogP contribution >= 0.6 is 0 Å². The molecule has 0 amide bonds. The highest BCUT2D eigenvalue weighted by Crippen LogP contribution is 2.65. The van der Waals surface area contributed by atoms with Crippen LogP contribution in [0.5, 0.6) is 0 Å². The lowest BCUT2D eigenvalue weighted by Crippen LogP contribution is -2.65. The maximum atomic E-state index is 6.51. The summed E-state index contributed by atoms with van der Waals surface area (Å²) in [5, 5.41) is 0. The van der Waals surface area contributed by atoms with Crippen molar-refractivity contribution in [1.82, 2.24) is 0 Å². The first-order valence-electron chi connectivity index (χ1n) is 9.55. The molecule has 1 aliphatic heterocycles. The fourth-order valence-electron chi connectivity index (χ4n) is 5.01. The molecular weight excluding hydrogens is 287 g/mol. The minimum absolute atomic E-state index is 0.0837. The average Bonchev–Trinajstić information content (AvgIpc) is 2.86. The number of rotatable bonds is 7. The van der Waals surface area contributed by atoms with Crippen LogP contribution in [0.15, 0.2) is 12.2 Å². The van der Waals surface area contributed by atoms with Gasteiger partial charge in [0.1, 0.15) is 6.00 Å². The Bertz CT molecular complexity index is 450. The van der Waals surface area contributed by atoms with Gasteiger partial charge in [0.25, 0.3) is 0 Å². The van der Waals surface area contributed by atoms with Crippen LogP contribution in [-0.4, -0.2) is 31.4 Å². The molecule has 0 aromatic carbocycles. The molecule has 3 saturated carbocycles. The van der Waals surface area contributed by atoms with Crippen molar-refractivity contribution in [2.24, 2.45) is 17.3 Å². The van der Waals surface area contributed by atoms with Gasteiger partial charge in [-0.25, -0.2) is 0 Å². The van der Waals surface area contributed by atoms with E-state index in [4.69, 9.17) is 14.0 Å². The third kappa shape index (κ3) is 2.92. The highest BCUT2D eigenvalue weighted by Gasteiger charge is 2.68. The number of ether oxygens (including phenoxy) is 1. The second-order valence-corrected chi connectivity index (χ2v) is 8.33. The van der Waals surface area contributed by atoms with Gasteiger partial charge in [0.05, 0.1) is 11.7 Å². The maximum absolute atomic E-state index is 6.51. The Labute approximate surface area is 142 Å². The number of unbranched alkanes of at least 4 members (excludes halogenated alkanes) is 2. The molecule has 1 heterocycles. The fraction of sp³-hybridized carbons (Fsp3) is 0.895. The molecule has 0 N–H and O–H groups in total. The molecule has 4 fully saturated rings. The molecular formula is C19H33BO3. The quantitative estimate of drug-likeness (QED) is 0.395. The monoisotopic (exact) mass is 320 g/mol. The lowest BCUT2D eigenvalue weighted by Gasteiger charge is -2.64. The lowest BCUT2D eigenvalue weighted by molar-refractivity contribution is -0.199. The lowest BCUT2D eigenvalue weighted by atomic mass is 9.43. The summed E-state index contributed by atoms with van der Waals surface area (Å²) in [7, 11) is -0.252. The highest BCUT2D eigenvalue weighted by atomic mass is 16.7. The van der Waals surface area contributed by atoms with E-state index in [-0.39, 0.29) is 24.8 Å². The van der Waals surface area contributed by atoms with Crippen molar-refractivity contribution in [3.8, 4) is 0 Å². The molecule has 0 radical (unpaired) electrons. The Hall–Kier alpha value is -0.315. The molecule has 5 atom stereocenters. The summed E-state index contributed by atoms with van der Waals surface area (Å²) in [5.74, 6) is 1.40. The summed E-state index contributed by atoms with van der Waals surface area (Å²) in [6, 6.07) is -0.0837. The van der Waals surface area contributed by atoms with Crippen LogP contribution < -0.4 is 0 Å². The summed E-state index contributed by atoms with van der Waals surface area (Å²) in [4.78, 5) is 0. The van der Waals surface area contributed by atoms with Crippen LogP contribution in [0.4, 0.5) is 0 Å². The van der Waals surface area contributed by atoms with E-state index in [9.17, 15) is 0 Å². The SMILES string of the molecule is CCCC/C=C/[C@@H](OCC)B1OC2C[C@@H]3C[C@@H](C3(C)C)[C@]2(C)O1. The van der Waals surface area contributed by atoms with E-state index in [1.807, 2.05) is 6.92 Å². The van der Waals surface area contributed by atoms with E-state index in [2.05, 4.69) is 39.8 Å². The first kappa shape index (κ1) is 17.5. The van der Waals surface area contributed by atoms with E-state index in [1.54, 1.807) is 0 Å².